The minimum atomic E-state index is -1.04. The van der Waals surface area contributed by atoms with Gasteiger partial charge in [-0.15, -0.1) is 0 Å². The van der Waals surface area contributed by atoms with E-state index in [0.717, 1.165) is 7.11 Å². The molecule has 0 heterocycles. The average molecular weight is 266 g/mol. The molecule has 0 aliphatic rings. The zero-order valence-corrected chi connectivity index (χ0v) is 10.4. The number of ketones is 2. The maximum atomic E-state index is 11.8. The third-order valence-electron chi connectivity index (χ3n) is 2.25. The van der Waals surface area contributed by atoms with E-state index in [4.69, 9.17) is 9.84 Å². The highest BCUT2D eigenvalue weighted by molar-refractivity contribution is 6.38. The lowest BCUT2D eigenvalue weighted by molar-refractivity contribution is -0.151. The van der Waals surface area contributed by atoms with Crippen LogP contribution in [0.5, 0.6) is 5.75 Å². The van der Waals surface area contributed by atoms with Crippen LogP contribution in [0, 0.1) is 0 Å². The number of carbonyl (C=O) groups excluding carboxylic acids is 3. The van der Waals surface area contributed by atoms with Gasteiger partial charge in [-0.3, -0.25) is 9.59 Å². The Morgan fingerprint density at radius 1 is 1.26 bits per heavy atom. The van der Waals surface area contributed by atoms with Crippen LogP contribution < -0.4 is 4.74 Å². The van der Waals surface area contributed by atoms with Crippen LogP contribution >= 0.6 is 0 Å². The average Bonchev–Trinajstić information content (AvgIpc) is 2.44. The molecule has 1 aromatic carbocycles. The van der Waals surface area contributed by atoms with Gasteiger partial charge in [0, 0.05) is 5.56 Å². The van der Waals surface area contributed by atoms with Crippen LogP contribution in [0.15, 0.2) is 24.3 Å². The summed E-state index contributed by atoms with van der Waals surface area (Å²) in [5, 5.41) is 8.63. The number of methoxy groups -OCH3 is 1. The second-order valence-corrected chi connectivity index (χ2v) is 3.61. The number of carbonyl (C=O) groups is 3. The van der Waals surface area contributed by atoms with Crippen LogP contribution in [-0.2, 0) is 14.3 Å². The van der Waals surface area contributed by atoms with Crippen molar-refractivity contribution < 1.29 is 29.0 Å². The Balaban J connectivity index is 2.71. The highest BCUT2D eigenvalue weighted by atomic mass is 16.5. The zero-order chi connectivity index (χ0) is 14.3. The summed E-state index contributed by atoms with van der Waals surface area (Å²) in [6.45, 7) is -0.0300. The number of aliphatic hydroxyl groups excluding tert-OH is 1. The van der Waals surface area contributed by atoms with Gasteiger partial charge in [0.25, 0.3) is 0 Å². The number of hydrogen-bond acceptors (Lipinski definition) is 6. The number of hydrogen-bond donors (Lipinski definition) is 1. The maximum Gasteiger partial charge on any atom is 0.374 e. The van der Waals surface area contributed by atoms with E-state index in [-0.39, 0.29) is 18.8 Å². The molecule has 1 aromatic rings. The Hall–Kier alpha value is -2.21. The van der Waals surface area contributed by atoms with E-state index in [2.05, 4.69) is 4.74 Å². The lowest BCUT2D eigenvalue weighted by Crippen LogP contribution is -2.19. The predicted octanol–water partition coefficient (Wildman–Crippen LogP) is 0.373. The maximum absolute atomic E-state index is 11.8. The second kappa shape index (κ2) is 7.27. The standard InChI is InChI=1S/C13H14O6/c1-18-13(17)12(16)8-11(15)9-3-2-4-10(7-9)19-6-5-14/h2-4,7,14H,5-6,8H2,1H3. The van der Waals surface area contributed by atoms with E-state index in [1.807, 2.05) is 0 Å². The first kappa shape index (κ1) is 14.8. The molecule has 102 valence electrons. The first-order valence-electron chi connectivity index (χ1n) is 5.56. The Bertz CT molecular complexity index is 480. The van der Waals surface area contributed by atoms with E-state index >= 15 is 0 Å². The third-order valence-corrected chi connectivity index (χ3v) is 2.25. The normalized spacial score (nSPS) is 9.79. The monoisotopic (exact) mass is 266 g/mol. The van der Waals surface area contributed by atoms with Crippen molar-refractivity contribution in [3.8, 4) is 5.75 Å². The van der Waals surface area contributed by atoms with Crippen LogP contribution in [0.25, 0.3) is 0 Å². The van der Waals surface area contributed by atoms with E-state index in [0.29, 0.717) is 5.75 Å². The largest absolute Gasteiger partial charge is 0.491 e. The molecule has 0 saturated heterocycles. The summed E-state index contributed by atoms with van der Waals surface area (Å²) in [6, 6.07) is 6.17. The fourth-order valence-electron chi connectivity index (χ4n) is 1.36. The fraction of sp³-hybridized carbons (Fsp3) is 0.308. The lowest BCUT2D eigenvalue weighted by Gasteiger charge is -2.05. The predicted molar refractivity (Wildman–Crippen MR) is 65.0 cm³/mol. The van der Waals surface area contributed by atoms with Gasteiger partial charge in [0.1, 0.15) is 12.4 Å². The molecule has 0 spiro atoms. The summed E-state index contributed by atoms with van der Waals surface area (Å²) in [7, 11) is 1.08. The van der Waals surface area contributed by atoms with E-state index in [1.54, 1.807) is 12.1 Å². The number of rotatable bonds is 7. The molecule has 0 atom stereocenters. The number of aliphatic hydroxyl groups is 1. The number of ether oxygens (including phenoxy) is 2. The van der Waals surface area contributed by atoms with Crippen molar-refractivity contribution in [1.29, 1.82) is 0 Å². The molecular weight excluding hydrogens is 252 g/mol. The summed E-state index contributed by atoms with van der Waals surface area (Å²) >= 11 is 0. The first-order chi connectivity index (χ1) is 9.08. The van der Waals surface area contributed by atoms with Gasteiger partial charge < -0.3 is 14.6 Å². The summed E-state index contributed by atoms with van der Waals surface area (Å²) in [6.07, 6.45) is -0.546. The Morgan fingerprint density at radius 2 is 2.00 bits per heavy atom. The number of benzene rings is 1. The molecule has 0 radical (unpaired) electrons. The van der Waals surface area contributed by atoms with E-state index in [1.165, 1.54) is 12.1 Å². The van der Waals surface area contributed by atoms with Crippen molar-refractivity contribution in [2.75, 3.05) is 20.3 Å². The minimum Gasteiger partial charge on any atom is -0.491 e. The van der Waals surface area contributed by atoms with Crippen molar-refractivity contribution in [2.45, 2.75) is 6.42 Å². The topological polar surface area (TPSA) is 89.9 Å². The van der Waals surface area contributed by atoms with Gasteiger partial charge in [0.2, 0.25) is 5.78 Å². The molecule has 0 aliphatic heterocycles. The van der Waals surface area contributed by atoms with Gasteiger partial charge >= 0.3 is 5.97 Å². The van der Waals surface area contributed by atoms with Crippen LogP contribution in [0.1, 0.15) is 16.8 Å². The molecule has 0 unspecified atom stereocenters. The lowest BCUT2D eigenvalue weighted by atomic mass is 10.1. The fourth-order valence-corrected chi connectivity index (χ4v) is 1.36. The van der Waals surface area contributed by atoms with Crippen molar-refractivity contribution in [3.63, 3.8) is 0 Å². The van der Waals surface area contributed by atoms with Crippen LogP contribution in [-0.4, -0.2) is 43.0 Å². The molecule has 0 bridgehead atoms. The third kappa shape index (κ3) is 4.51. The second-order valence-electron chi connectivity index (χ2n) is 3.61. The summed E-state index contributed by atoms with van der Waals surface area (Å²) < 4.78 is 9.37. The molecule has 0 aromatic heterocycles. The molecule has 0 aliphatic carbocycles. The van der Waals surface area contributed by atoms with Crippen molar-refractivity contribution >= 4 is 17.5 Å². The highest BCUT2D eigenvalue weighted by Gasteiger charge is 2.19. The molecule has 0 saturated carbocycles. The number of Topliss-reactive ketones (excluding diaryl/α,β-unsaturated/α-hetero) is 2. The Morgan fingerprint density at radius 3 is 2.63 bits per heavy atom. The molecular formula is C13H14O6. The van der Waals surface area contributed by atoms with Gasteiger partial charge in [-0.25, -0.2) is 4.79 Å². The first-order valence-corrected chi connectivity index (χ1v) is 5.56. The van der Waals surface area contributed by atoms with E-state index < -0.39 is 24.0 Å². The number of esters is 1. The zero-order valence-electron chi connectivity index (χ0n) is 10.4. The van der Waals surface area contributed by atoms with Crippen molar-refractivity contribution in [1.82, 2.24) is 0 Å². The molecule has 0 fully saturated rings. The minimum absolute atomic E-state index is 0.110. The van der Waals surface area contributed by atoms with Crippen LogP contribution in [0.4, 0.5) is 0 Å². The van der Waals surface area contributed by atoms with Gasteiger partial charge in [-0.1, -0.05) is 12.1 Å². The highest BCUT2D eigenvalue weighted by Crippen LogP contribution is 2.14. The van der Waals surface area contributed by atoms with Crippen LogP contribution in [0.3, 0.4) is 0 Å². The summed E-state index contributed by atoms with van der Waals surface area (Å²) in [5.74, 6) is -2.02. The molecule has 6 heteroatoms. The quantitative estimate of drug-likeness (QED) is 0.332. The Labute approximate surface area is 109 Å². The molecule has 1 rings (SSSR count). The van der Waals surface area contributed by atoms with Gasteiger partial charge in [-0.2, -0.15) is 0 Å². The molecule has 0 amide bonds. The molecule has 6 nitrogen and oxygen atoms in total. The van der Waals surface area contributed by atoms with Crippen molar-refractivity contribution in [2.24, 2.45) is 0 Å². The van der Waals surface area contributed by atoms with Gasteiger partial charge in [0.05, 0.1) is 20.1 Å². The Kier molecular flexibility index (Phi) is 5.69. The van der Waals surface area contributed by atoms with Gasteiger partial charge in [-0.05, 0) is 12.1 Å². The summed E-state index contributed by atoms with van der Waals surface area (Å²) in [5.41, 5.74) is 0.257. The molecule has 19 heavy (non-hydrogen) atoms. The molecule has 1 N–H and O–H groups in total. The summed E-state index contributed by atoms with van der Waals surface area (Å²) in [4.78, 5) is 33.9. The smallest absolute Gasteiger partial charge is 0.374 e. The van der Waals surface area contributed by atoms with Crippen LogP contribution in [0.2, 0.25) is 0 Å². The van der Waals surface area contributed by atoms with Gasteiger partial charge in [0.15, 0.2) is 5.78 Å². The SMILES string of the molecule is COC(=O)C(=O)CC(=O)c1cccc(OCCO)c1. The van der Waals surface area contributed by atoms with Crippen molar-refractivity contribution in [3.05, 3.63) is 29.8 Å². The van der Waals surface area contributed by atoms with E-state index in [9.17, 15) is 14.4 Å².